The lowest BCUT2D eigenvalue weighted by Gasteiger charge is -2.24. The normalized spacial score (nSPS) is 11.4. The molecule has 0 spiro atoms. The van der Waals surface area contributed by atoms with Crippen molar-refractivity contribution in [1.29, 1.82) is 0 Å². The number of hydrogen-bond acceptors (Lipinski definition) is 6. The third kappa shape index (κ3) is 4.44. The van der Waals surface area contributed by atoms with Crippen molar-refractivity contribution >= 4 is 38.6 Å². The van der Waals surface area contributed by atoms with E-state index in [2.05, 4.69) is 0 Å². The van der Waals surface area contributed by atoms with Crippen molar-refractivity contribution in [3.63, 3.8) is 0 Å². The molecule has 8 heteroatoms. The van der Waals surface area contributed by atoms with E-state index < -0.39 is 21.9 Å². The molecule has 0 aliphatic heterocycles. The summed E-state index contributed by atoms with van der Waals surface area (Å²) in [5.74, 6) is -0.962. The Kier molecular flexibility index (Phi) is 6.49. The number of carbonyl (C=O) groups is 2. The molecule has 7 nitrogen and oxygen atoms in total. The lowest BCUT2D eigenvalue weighted by Crippen LogP contribution is -2.37. The van der Waals surface area contributed by atoms with E-state index in [9.17, 15) is 18.0 Å². The van der Waals surface area contributed by atoms with E-state index in [1.54, 1.807) is 69.3 Å². The lowest BCUT2D eigenvalue weighted by atomic mass is 10.1. The van der Waals surface area contributed by atoms with E-state index in [0.29, 0.717) is 22.3 Å². The van der Waals surface area contributed by atoms with Crippen LogP contribution in [0, 0.1) is 20.8 Å². The van der Waals surface area contributed by atoms with Crippen LogP contribution in [0.2, 0.25) is 0 Å². The molecule has 0 fully saturated rings. The zero-order valence-electron chi connectivity index (χ0n) is 19.9. The quantitative estimate of drug-likeness (QED) is 0.327. The molecular formula is C27H25NO6S. The van der Waals surface area contributed by atoms with Crippen molar-refractivity contribution in [2.24, 2.45) is 0 Å². The van der Waals surface area contributed by atoms with Gasteiger partial charge in [-0.25, -0.2) is 13.2 Å². The smallest absolute Gasteiger partial charge is 0.342 e. The fourth-order valence-corrected chi connectivity index (χ4v) is 5.66. The molecule has 0 radical (unpaired) electrons. The van der Waals surface area contributed by atoms with Gasteiger partial charge in [-0.2, -0.15) is 4.31 Å². The van der Waals surface area contributed by atoms with Crippen LogP contribution in [0.3, 0.4) is 0 Å². The predicted molar refractivity (Wildman–Crippen MR) is 133 cm³/mol. The van der Waals surface area contributed by atoms with Crippen LogP contribution in [0.4, 0.5) is 5.69 Å². The molecule has 0 saturated carbocycles. The SMILES string of the molecule is CCOC(=O)c1c(C)oc2ccc(N(C(=O)c3ccccc3)S(=O)(=O)c3ccc(C)cc3C)cc12. The number of benzene rings is 3. The van der Waals surface area contributed by atoms with Crippen molar-refractivity contribution in [2.75, 3.05) is 10.9 Å². The molecule has 180 valence electrons. The van der Waals surface area contributed by atoms with Gasteiger partial charge < -0.3 is 9.15 Å². The highest BCUT2D eigenvalue weighted by atomic mass is 32.2. The molecule has 4 aromatic rings. The monoisotopic (exact) mass is 491 g/mol. The third-order valence-electron chi connectivity index (χ3n) is 5.62. The standard InChI is InChI=1S/C27H25NO6S/c1-5-33-27(30)25-19(4)34-23-13-12-21(16-22(23)25)28(26(29)20-9-7-6-8-10-20)35(31,32)24-14-11-17(2)15-18(24)3/h6-16H,5H2,1-4H3. The second kappa shape index (κ2) is 9.38. The first-order chi connectivity index (χ1) is 16.6. The highest BCUT2D eigenvalue weighted by Gasteiger charge is 2.34. The van der Waals surface area contributed by atoms with Gasteiger partial charge in [-0.1, -0.05) is 35.9 Å². The number of rotatable bonds is 6. The number of furan rings is 1. The van der Waals surface area contributed by atoms with Crippen LogP contribution < -0.4 is 4.31 Å². The maximum absolute atomic E-state index is 13.9. The van der Waals surface area contributed by atoms with E-state index in [1.807, 2.05) is 6.92 Å². The topological polar surface area (TPSA) is 93.9 Å². The van der Waals surface area contributed by atoms with Crippen LogP contribution in [0.5, 0.6) is 0 Å². The van der Waals surface area contributed by atoms with Gasteiger partial charge in [-0.05, 0) is 69.7 Å². The molecule has 0 N–H and O–H groups in total. The minimum absolute atomic E-state index is 0.0152. The van der Waals surface area contributed by atoms with Crippen molar-refractivity contribution in [3.8, 4) is 0 Å². The van der Waals surface area contributed by atoms with Crippen molar-refractivity contribution in [2.45, 2.75) is 32.6 Å². The highest BCUT2D eigenvalue weighted by Crippen LogP contribution is 2.34. The maximum atomic E-state index is 13.9. The highest BCUT2D eigenvalue weighted by molar-refractivity contribution is 7.93. The Morgan fingerprint density at radius 2 is 1.66 bits per heavy atom. The molecule has 0 unspecified atom stereocenters. The summed E-state index contributed by atoms with van der Waals surface area (Å²) in [6.07, 6.45) is 0. The minimum atomic E-state index is -4.32. The van der Waals surface area contributed by atoms with Crippen LogP contribution in [0.15, 0.2) is 76.0 Å². The Morgan fingerprint density at radius 3 is 2.31 bits per heavy atom. The summed E-state index contributed by atoms with van der Waals surface area (Å²) in [4.78, 5) is 26.2. The molecule has 1 amide bonds. The van der Waals surface area contributed by atoms with Gasteiger partial charge in [0.05, 0.1) is 17.2 Å². The number of esters is 1. The van der Waals surface area contributed by atoms with Crippen LogP contribution in [-0.4, -0.2) is 26.9 Å². The van der Waals surface area contributed by atoms with Crippen molar-refractivity contribution in [1.82, 2.24) is 0 Å². The summed E-state index contributed by atoms with van der Waals surface area (Å²) < 4.78 is 39.5. The number of hydrogen-bond donors (Lipinski definition) is 0. The first kappa shape index (κ1) is 24.2. The largest absolute Gasteiger partial charge is 0.462 e. The molecule has 35 heavy (non-hydrogen) atoms. The Bertz CT molecular complexity index is 1540. The molecule has 1 heterocycles. The summed E-state index contributed by atoms with van der Waals surface area (Å²) in [7, 11) is -4.32. The van der Waals surface area contributed by atoms with Crippen LogP contribution in [0.25, 0.3) is 11.0 Å². The molecule has 0 bridgehead atoms. The fraction of sp³-hybridized carbons (Fsp3) is 0.185. The minimum Gasteiger partial charge on any atom is -0.462 e. The molecular weight excluding hydrogens is 466 g/mol. The van der Waals surface area contributed by atoms with Gasteiger partial charge >= 0.3 is 5.97 Å². The number of amides is 1. The van der Waals surface area contributed by atoms with E-state index in [4.69, 9.17) is 9.15 Å². The van der Waals surface area contributed by atoms with Gasteiger partial charge in [0.25, 0.3) is 15.9 Å². The first-order valence-corrected chi connectivity index (χ1v) is 12.5. The number of nitrogens with zero attached hydrogens (tertiary/aromatic N) is 1. The number of carbonyl (C=O) groups excluding carboxylic acids is 2. The lowest BCUT2D eigenvalue weighted by molar-refractivity contribution is 0.0526. The van der Waals surface area contributed by atoms with Crippen LogP contribution >= 0.6 is 0 Å². The summed E-state index contributed by atoms with van der Waals surface area (Å²) in [6.45, 7) is 7.04. The molecule has 0 saturated heterocycles. The van der Waals surface area contributed by atoms with E-state index in [1.165, 1.54) is 18.2 Å². The summed E-state index contributed by atoms with van der Waals surface area (Å²) in [6, 6.07) is 17.6. The van der Waals surface area contributed by atoms with Gasteiger partial charge in [0.2, 0.25) is 0 Å². The van der Waals surface area contributed by atoms with E-state index in [-0.39, 0.29) is 28.3 Å². The molecule has 1 aromatic heterocycles. The number of anilines is 1. The van der Waals surface area contributed by atoms with Gasteiger partial charge in [0.1, 0.15) is 16.9 Å². The zero-order chi connectivity index (χ0) is 25.3. The Hall–Kier alpha value is -3.91. The summed E-state index contributed by atoms with van der Waals surface area (Å²) in [5.41, 5.74) is 2.28. The second-order valence-corrected chi connectivity index (χ2v) is 9.90. The molecule has 4 rings (SSSR count). The van der Waals surface area contributed by atoms with Gasteiger partial charge in [-0.3, -0.25) is 4.79 Å². The van der Waals surface area contributed by atoms with Gasteiger partial charge in [0.15, 0.2) is 0 Å². The van der Waals surface area contributed by atoms with Crippen molar-refractivity contribution in [3.05, 3.63) is 94.7 Å². The average molecular weight is 492 g/mol. The molecule has 0 atom stereocenters. The average Bonchev–Trinajstić information content (AvgIpc) is 3.14. The van der Waals surface area contributed by atoms with E-state index >= 15 is 0 Å². The maximum Gasteiger partial charge on any atom is 0.342 e. The third-order valence-corrected chi connectivity index (χ3v) is 7.49. The zero-order valence-corrected chi connectivity index (χ0v) is 20.7. The number of aryl methyl sites for hydroxylation is 3. The first-order valence-electron chi connectivity index (χ1n) is 11.1. The molecule has 0 aliphatic rings. The predicted octanol–water partition coefficient (Wildman–Crippen LogP) is 5.57. The van der Waals surface area contributed by atoms with Gasteiger partial charge in [0, 0.05) is 10.9 Å². The summed E-state index contributed by atoms with van der Waals surface area (Å²) >= 11 is 0. The second-order valence-electron chi connectivity index (χ2n) is 8.14. The van der Waals surface area contributed by atoms with E-state index in [0.717, 1.165) is 9.87 Å². The number of ether oxygens (including phenoxy) is 1. The molecule has 0 aliphatic carbocycles. The molecule has 3 aromatic carbocycles. The van der Waals surface area contributed by atoms with Crippen molar-refractivity contribution < 1.29 is 27.2 Å². The Morgan fingerprint density at radius 1 is 0.943 bits per heavy atom. The fourth-order valence-electron chi connectivity index (χ4n) is 4.04. The van der Waals surface area contributed by atoms with Gasteiger partial charge in [-0.15, -0.1) is 0 Å². The van der Waals surface area contributed by atoms with Crippen LogP contribution in [-0.2, 0) is 14.8 Å². The Balaban J connectivity index is 1.96. The summed E-state index contributed by atoms with van der Waals surface area (Å²) in [5, 5.41) is 0.361. The van der Waals surface area contributed by atoms with Crippen LogP contribution in [0.1, 0.15) is 44.5 Å². The number of sulfonamides is 1. The Labute approximate surface area is 204 Å². The number of fused-ring (bicyclic) bond motifs is 1.